The van der Waals surface area contributed by atoms with Gasteiger partial charge in [0.2, 0.25) is 0 Å². The molecule has 1 saturated heterocycles. The van der Waals surface area contributed by atoms with Gasteiger partial charge in [0, 0.05) is 18.0 Å². The molecule has 0 unspecified atom stereocenters. The maximum Gasteiger partial charge on any atom is 0.416 e. The number of rotatable bonds is 6. The van der Waals surface area contributed by atoms with E-state index in [9.17, 15) is 28.2 Å². The second-order valence-corrected chi connectivity index (χ2v) is 8.90. The van der Waals surface area contributed by atoms with Gasteiger partial charge in [0.1, 0.15) is 0 Å². The molecule has 1 heterocycles. The number of halogens is 3. The Morgan fingerprint density at radius 3 is 2.32 bits per heavy atom. The Labute approximate surface area is 183 Å². The summed E-state index contributed by atoms with van der Waals surface area (Å²) in [5.74, 6) is -1.13. The summed E-state index contributed by atoms with van der Waals surface area (Å²) in [6, 6.07) is 7.94. The number of hydrogen-bond donors (Lipinski definition) is 3. The highest BCUT2D eigenvalue weighted by atomic mass is 32.2. The van der Waals surface area contributed by atoms with E-state index in [0.29, 0.717) is 21.8 Å². The van der Waals surface area contributed by atoms with Gasteiger partial charge in [0.25, 0.3) is 0 Å². The molecular weight excluding hydrogens is 429 g/mol. The minimum absolute atomic E-state index is 0.0256. The topological polar surface area (TPSA) is 72.8 Å². The lowest BCUT2D eigenvalue weighted by atomic mass is 9.97. The average molecular weight is 455 g/mol. The quantitative estimate of drug-likeness (QED) is 0.484. The van der Waals surface area contributed by atoms with Crippen molar-refractivity contribution < 1.29 is 28.2 Å². The summed E-state index contributed by atoms with van der Waals surface area (Å²) in [7, 11) is 0. The lowest BCUT2D eigenvalue weighted by Crippen LogP contribution is -2.30. The van der Waals surface area contributed by atoms with Crippen LogP contribution < -0.4 is 9.62 Å². The minimum atomic E-state index is -4.48. The zero-order valence-corrected chi connectivity index (χ0v) is 18.1. The minimum Gasteiger partial charge on any atom is -0.478 e. The number of piperidine rings is 1. The van der Waals surface area contributed by atoms with Gasteiger partial charge in [0.05, 0.1) is 28.1 Å². The fourth-order valence-corrected chi connectivity index (χ4v) is 4.56. The summed E-state index contributed by atoms with van der Waals surface area (Å²) < 4.78 is 43.0. The molecule has 3 N–H and O–H groups in total. The van der Waals surface area contributed by atoms with E-state index in [4.69, 9.17) is 0 Å². The maximum absolute atomic E-state index is 13.3. The van der Waals surface area contributed by atoms with Crippen LogP contribution >= 0.6 is 11.9 Å². The zero-order chi connectivity index (χ0) is 22.8. The van der Waals surface area contributed by atoms with E-state index in [0.717, 1.165) is 56.4 Å². The lowest BCUT2D eigenvalue weighted by molar-refractivity contribution is -0.137. The lowest BCUT2D eigenvalue weighted by Gasteiger charge is -2.31. The van der Waals surface area contributed by atoms with Crippen molar-refractivity contribution >= 4 is 29.3 Å². The molecular formula is C22H25F3N2O3S. The molecule has 0 saturated carbocycles. The van der Waals surface area contributed by atoms with Gasteiger partial charge >= 0.3 is 12.1 Å². The molecule has 9 heteroatoms. The number of anilines is 2. The van der Waals surface area contributed by atoms with E-state index in [2.05, 4.69) is 9.62 Å². The fourth-order valence-electron chi connectivity index (χ4n) is 3.56. The predicted molar refractivity (Wildman–Crippen MR) is 116 cm³/mol. The molecule has 31 heavy (non-hydrogen) atoms. The first-order valence-corrected chi connectivity index (χ1v) is 10.8. The van der Waals surface area contributed by atoms with Gasteiger partial charge in [-0.1, -0.05) is 6.07 Å². The normalized spacial score (nSPS) is 15.1. The van der Waals surface area contributed by atoms with E-state index >= 15 is 0 Å². The molecule has 1 fully saturated rings. The van der Waals surface area contributed by atoms with Crippen molar-refractivity contribution in [3.63, 3.8) is 0 Å². The maximum atomic E-state index is 13.3. The molecule has 2 aromatic carbocycles. The molecule has 0 radical (unpaired) electrons. The van der Waals surface area contributed by atoms with Gasteiger partial charge in [0.15, 0.2) is 0 Å². The SMILES string of the molecule is CC(C)(O)c1ccc(C(=O)O)cc1SNc1cc(C(F)(F)F)ccc1N1CCCCC1. The summed E-state index contributed by atoms with van der Waals surface area (Å²) in [5.41, 5.74) is -0.564. The predicted octanol–water partition coefficient (Wildman–Crippen LogP) is 5.74. The largest absolute Gasteiger partial charge is 0.478 e. The van der Waals surface area contributed by atoms with Crippen LogP contribution in [0.1, 0.15) is 54.6 Å². The Morgan fingerprint density at radius 2 is 1.74 bits per heavy atom. The standard InChI is InChI=1S/C22H25F3N2O3S/c1-21(2,30)16-8-6-14(20(28)29)12-19(16)31-26-17-13-15(22(23,24)25)7-9-18(17)27-10-4-3-5-11-27/h6-9,12-13,26,30H,3-5,10-11H2,1-2H3,(H,28,29). The molecule has 0 amide bonds. The number of alkyl halides is 3. The molecule has 0 aliphatic carbocycles. The first-order valence-electron chi connectivity index (χ1n) is 9.96. The number of carbonyl (C=O) groups is 1. The van der Waals surface area contributed by atoms with Crippen LogP contribution in [-0.2, 0) is 11.8 Å². The number of nitrogens with one attached hydrogen (secondary N) is 1. The number of carboxylic acids is 1. The molecule has 0 atom stereocenters. The molecule has 168 valence electrons. The molecule has 3 rings (SSSR count). The Bertz CT molecular complexity index is 952. The number of nitrogens with zero attached hydrogens (tertiary/aromatic N) is 1. The summed E-state index contributed by atoms with van der Waals surface area (Å²) in [6.45, 7) is 4.65. The monoisotopic (exact) mass is 454 g/mol. The number of benzene rings is 2. The van der Waals surface area contributed by atoms with Gasteiger partial charge in [-0.2, -0.15) is 13.2 Å². The van der Waals surface area contributed by atoms with Crippen LogP contribution in [-0.4, -0.2) is 29.3 Å². The number of carboxylic acid groups (broad SMARTS) is 1. The Balaban J connectivity index is 1.98. The van der Waals surface area contributed by atoms with Crippen LogP contribution in [0.5, 0.6) is 0 Å². The van der Waals surface area contributed by atoms with Crippen molar-refractivity contribution in [2.24, 2.45) is 0 Å². The van der Waals surface area contributed by atoms with E-state index in [1.165, 1.54) is 24.3 Å². The average Bonchev–Trinajstić information content (AvgIpc) is 2.71. The number of hydrogen-bond acceptors (Lipinski definition) is 5. The zero-order valence-electron chi connectivity index (χ0n) is 17.3. The van der Waals surface area contributed by atoms with Gasteiger partial charge in [-0.15, -0.1) is 0 Å². The first-order chi connectivity index (χ1) is 14.5. The number of aliphatic hydroxyl groups is 1. The van der Waals surface area contributed by atoms with E-state index in [-0.39, 0.29) is 5.56 Å². The molecule has 1 aliphatic rings. The van der Waals surface area contributed by atoms with Gasteiger partial charge in [-0.25, -0.2) is 4.79 Å². The molecule has 5 nitrogen and oxygen atoms in total. The van der Waals surface area contributed by atoms with Crippen LogP contribution in [0.3, 0.4) is 0 Å². The van der Waals surface area contributed by atoms with Crippen molar-refractivity contribution in [1.82, 2.24) is 0 Å². The molecule has 0 spiro atoms. The highest BCUT2D eigenvalue weighted by Gasteiger charge is 2.32. The highest BCUT2D eigenvalue weighted by molar-refractivity contribution is 8.00. The molecule has 2 aromatic rings. The second-order valence-electron chi connectivity index (χ2n) is 8.06. The number of aromatic carboxylic acids is 1. The van der Waals surface area contributed by atoms with Crippen molar-refractivity contribution in [2.75, 3.05) is 22.7 Å². The van der Waals surface area contributed by atoms with Crippen molar-refractivity contribution in [1.29, 1.82) is 0 Å². The third-order valence-corrected chi connectivity index (χ3v) is 6.06. The van der Waals surface area contributed by atoms with E-state index < -0.39 is 23.3 Å². The second kappa shape index (κ2) is 9.00. The molecule has 0 bridgehead atoms. The summed E-state index contributed by atoms with van der Waals surface area (Å²) >= 11 is 0.989. The van der Waals surface area contributed by atoms with Crippen LogP contribution in [0.4, 0.5) is 24.5 Å². The highest BCUT2D eigenvalue weighted by Crippen LogP contribution is 2.39. The third-order valence-electron chi connectivity index (χ3n) is 5.18. The summed E-state index contributed by atoms with van der Waals surface area (Å²) in [5, 5.41) is 19.8. The van der Waals surface area contributed by atoms with Gasteiger partial charge < -0.3 is 19.8 Å². The Morgan fingerprint density at radius 1 is 1.06 bits per heavy atom. The van der Waals surface area contributed by atoms with Crippen molar-refractivity contribution in [3.05, 3.63) is 53.1 Å². The van der Waals surface area contributed by atoms with E-state index in [1.807, 2.05) is 0 Å². The summed E-state index contributed by atoms with van der Waals surface area (Å²) in [4.78, 5) is 13.9. The summed E-state index contributed by atoms with van der Waals surface area (Å²) in [6.07, 6.45) is -1.46. The molecule has 1 aliphatic heterocycles. The van der Waals surface area contributed by atoms with Crippen molar-refractivity contribution in [3.8, 4) is 0 Å². The van der Waals surface area contributed by atoms with Crippen LogP contribution in [0.2, 0.25) is 0 Å². The van der Waals surface area contributed by atoms with Crippen LogP contribution in [0.15, 0.2) is 41.3 Å². The van der Waals surface area contributed by atoms with Crippen molar-refractivity contribution in [2.45, 2.75) is 49.8 Å². The van der Waals surface area contributed by atoms with Crippen LogP contribution in [0.25, 0.3) is 0 Å². The fraction of sp³-hybridized carbons (Fsp3) is 0.409. The van der Waals surface area contributed by atoms with E-state index in [1.54, 1.807) is 13.8 Å². The smallest absolute Gasteiger partial charge is 0.416 e. The first kappa shape index (κ1) is 23.3. The Hall–Kier alpha value is -2.39. The van der Waals surface area contributed by atoms with Gasteiger partial charge in [-0.3, -0.25) is 0 Å². The van der Waals surface area contributed by atoms with Gasteiger partial charge in [-0.05, 0) is 81.0 Å². The van der Waals surface area contributed by atoms with Crippen LogP contribution in [0, 0.1) is 0 Å². The molecule has 0 aromatic heterocycles. The Kier molecular flexibility index (Phi) is 6.76. The third kappa shape index (κ3) is 5.65.